The fourth-order valence-corrected chi connectivity index (χ4v) is 2.22. The van der Waals surface area contributed by atoms with Gasteiger partial charge in [0.25, 0.3) is 5.91 Å². The maximum absolute atomic E-state index is 12.2. The fraction of sp³-hybridized carbons (Fsp3) is 0.500. The molecule has 5 heteroatoms. The lowest BCUT2D eigenvalue weighted by molar-refractivity contribution is 0.0618. The maximum Gasteiger partial charge on any atom is 0.255 e. The van der Waals surface area contributed by atoms with Crippen molar-refractivity contribution in [2.45, 2.75) is 31.8 Å². The van der Waals surface area contributed by atoms with Crippen LogP contribution in [-0.2, 0) is 0 Å². The first kappa shape index (κ1) is 11.9. The zero-order chi connectivity index (χ0) is 12.4. The Hall–Kier alpha value is -1.62. The van der Waals surface area contributed by atoms with Gasteiger partial charge in [0.2, 0.25) is 0 Å². The molecule has 1 saturated heterocycles. The number of hydrogen-bond acceptors (Lipinski definition) is 4. The summed E-state index contributed by atoms with van der Waals surface area (Å²) in [7, 11) is 0. The number of nitrogens with two attached hydrogens (primary N) is 1. The second-order valence-electron chi connectivity index (χ2n) is 4.56. The van der Waals surface area contributed by atoms with Gasteiger partial charge in [0.05, 0.1) is 11.8 Å². The molecule has 1 aliphatic rings. The van der Waals surface area contributed by atoms with Gasteiger partial charge < -0.3 is 15.7 Å². The highest BCUT2D eigenvalue weighted by Crippen LogP contribution is 2.19. The summed E-state index contributed by atoms with van der Waals surface area (Å²) in [6.07, 6.45) is 4.43. The van der Waals surface area contributed by atoms with Gasteiger partial charge in [0, 0.05) is 24.8 Å². The number of likely N-dealkylation sites (tertiary alicyclic amines) is 1. The molecule has 1 amide bonds. The number of rotatable bonds is 1. The van der Waals surface area contributed by atoms with Crippen LogP contribution in [0.5, 0.6) is 5.75 Å². The third-order valence-corrected chi connectivity index (χ3v) is 3.15. The topological polar surface area (TPSA) is 79.5 Å². The third-order valence-electron chi connectivity index (χ3n) is 3.15. The summed E-state index contributed by atoms with van der Waals surface area (Å²) in [6.45, 7) is 2.66. The molecule has 0 saturated carbocycles. The second kappa shape index (κ2) is 4.71. The lowest BCUT2D eigenvalue weighted by Gasteiger charge is -2.36. The van der Waals surface area contributed by atoms with Crippen molar-refractivity contribution in [2.75, 3.05) is 6.54 Å². The van der Waals surface area contributed by atoms with E-state index >= 15 is 0 Å². The first-order chi connectivity index (χ1) is 8.08. The number of aromatic hydroxyl groups is 1. The van der Waals surface area contributed by atoms with E-state index in [9.17, 15) is 9.90 Å². The maximum atomic E-state index is 12.2. The molecule has 0 spiro atoms. The number of carbonyl (C=O) groups is 1. The summed E-state index contributed by atoms with van der Waals surface area (Å²) >= 11 is 0. The van der Waals surface area contributed by atoms with E-state index in [2.05, 4.69) is 4.98 Å². The molecule has 2 atom stereocenters. The molecular formula is C12H17N3O2. The lowest BCUT2D eigenvalue weighted by atomic mass is 9.98. The fourth-order valence-electron chi connectivity index (χ4n) is 2.22. The van der Waals surface area contributed by atoms with Gasteiger partial charge in [-0.15, -0.1) is 0 Å². The number of amides is 1. The van der Waals surface area contributed by atoms with Crippen molar-refractivity contribution in [1.29, 1.82) is 0 Å². The standard InChI is InChI=1S/C12H17N3O2/c1-8-4-10(13)2-3-15(8)12(17)9-5-11(16)7-14-6-9/h5-8,10,16H,2-4,13H2,1H3. The highest BCUT2D eigenvalue weighted by molar-refractivity contribution is 5.94. The SMILES string of the molecule is CC1CC(N)CCN1C(=O)c1cncc(O)c1. The predicted molar refractivity (Wildman–Crippen MR) is 63.6 cm³/mol. The van der Waals surface area contributed by atoms with Crippen molar-refractivity contribution in [1.82, 2.24) is 9.88 Å². The van der Waals surface area contributed by atoms with Crippen LogP contribution in [0.4, 0.5) is 0 Å². The molecule has 92 valence electrons. The molecule has 2 rings (SSSR count). The van der Waals surface area contributed by atoms with Crippen LogP contribution in [0.1, 0.15) is 30.1 Å². The van der Waals surface area contributed by atoms with Crippen molar-refractivity contribution >= 4 is 5.91 Å². The number of pyridine rings is 1. The van der Waals surface area contributed by atoms with E-state index in [-0.39, 0.29) is 23.7 Å². The Kier molecular flexibility index (Phi) is 3.28. The van der Waals surface area contributed by atoms with Crippen molar-refractivity contribution in [3.8, 4) is 5.75 Å². The van der Waals surface area contributed by atoms with Crippen molar-refractivity contribution in [3.05, 3.63) is 24.0 Å². The van der Waals surface area contributed by atoms with E-state index < -0.39 is 0 Å². The molecule has 1 aromatic rings. The normalized spacial score (nSPS) is 24.7. The second-order valence-corrected chi connectivity index (χ2v) is 4.56. The molecule has 0 aromatic carbocycles. The van der Waals surface area contributed by atoms with Crippen molar-refractivity contribution < 1.29 is 9.90 Å². The van der Waals surface area contributed by atoms with Gasteiger partial charge in [0.15, 0.2) is 0 Å². The Bertz CT molecular complexity index is 422. The molecule has 0 bridgehead atoms. The minimum absolute atomic E-state index is 0.0113. The monoisotopic (exact) mass is 235 g/mol. The van der Waals surface area contributed by atoms with Gasteiger partial charge in [-0.05, 0) is 25.8 Å². The summed E-state index contributed by atoms with van der Waals surface area (Å²) in [5.41, 5.74) is 6.28. The van der Waals surface area contributed by atoms with Crippen molar-refractivity contribution in [3.63, 3.8) is 0 Å². The highest BCUT2D eigenvalue weighted by atomic mass is 16.3. The molecule has 1 aliphatic heterocycles. The number of piperidine rings is 1. The molecule has 2 unspecified atom stereocenters. The minimum atomic E-state index is -0.0900. The Morgan fingerprint density at radius 3 is 3.00 bits per heavy atom. The molecule has 1 aromatic heterocycles. The summed E-state index contributed by atoms with van der Waals surface area (Å²) < 4.78 is 0. The molecule has 2 heterocycles. The van der Waals surface area contributed by atoms with Crippen LogP contribution in [-0.4, -0.2) is 39.5 Å². The zero-order valence-corrected chi connectivity index (χ0v) is 9.84. The Balaban J connectivity index is 2.15. The largest absolute Gasteiger partial charge is 0.506 e. The Morgan fingerprint density at radius 2 is 2.35 bits per heavy atom. The van der Waals surface area contributed by atoms with Crippen LogP contribution in [0.25, 0.3) is 0 Å². The van der Waals surface area contributed by atoms with E-state index in [1.807, 2.05) is 6.92 Å². The van der Waals surface area contributed by atoms with E-state index in [0.717, 1.165) is 12.8 Å². The molecular weight excluding hydrogens is 218 g/mol. The molecule has 0 radical (unpaired) electrons. The predicted octanol–water partition coefficient (Wildman–Crippen LogP) is 0.739. The average Bonchev–Trinajstić information content (AvgIpc) is 2.28. The summed E-state index contributed by atoms with van der Waals surface area (Å²) in [4.78, 5) is 17.8. The van der Waals surface area contributed by atoms with Crippen LogP contribution >= 0.6 is 0 Å². The summed E-state index contributed by atoms with van der Waals surface area (Å²) in [5.74, 6) is -0.0787. The Labute approximate surface area is 100 Å². The molecule has 3 N–H and O–H groups in total. The van der Waals surface area contributed by atoms with E-state index in [1.165, 1.54) is 18.5 Å². The molecule has 17 heavy (non-hydrogen) atoms. The van der Waals surface area contributed by atoms with Crippen LogP contribution in [0.2, 0.25) is 0 Å². The average molecular weight is 235 g/mol. The van der Waals surface area contributed by atoms with Gasteiger partial charge >= 0.3 is 0 Å². The van der Waals surface area contributed by atoms with E-state index in [0.29, 0.717) is 12.1 Å². The Morgan fingerprint density at radius 1 is 1.59 bits per heavy atom. The zero-order valence-electron chi connectivity index (χ0n) is 9.84. The van der Waals surface area contributed by atoms with Crippen LogP contribution in [0.15, 0.2) is 18.5 Å². The molecule has 0 aliphatic carbocycles. The number of carbonyl (C=O) groups excluding carboxylic acids is 1. The first-order valence-corrected chi connectivity index (χ1v) is 5.78. The number of nitrogens with zero attached hydrogens (tertiary/aromatic N) is 2. The number of hydrogen-bond donors (Lipinski definition) is 2. The quantitative estimate of drug-likeness (QED) is 0.752. The first-order valence-electron chi connectivity index (χ1n) is 5.78. The third kappa shape index (κ3) is 2.55. The van der Waals surface area contributed by atoms with Gasteiger partial charge in [-0.3, -0.25) is 9.78 Å². The van der Waals surface area contributed by atoms with E-state index in [4.69, 9.17) is 5.73 Å². The summed E-state index contributed by atoms with van der Waals surface area (Å²) in [5, 5.41) is 9.32. The van der Waals surface area contributed by atoms with Crippen LogP contribution in [0.3, 0.4) is 0 Å². The molecule has 1 fully saturated rings. The highest BCUT2D eigenvalue weighted by Gasteiger charge is 2.27. The van der Waals surface area contributed by atoms with Crippen LogP contribution < -0.4 is 5.73 Å². The van der Waals surface area contributed by atoms with Gasteiger partial charge in [-0.2, -0.15) is 0 Å². The lowest BCUT2D eigenvalue weighted by Crippen LogP contribution is -2.48. The van der Waals surface area contributed by atoms with Gasteiger partial charge in [-0.25, -0.2) is 0 Å². The van der Waals surface area contributed by atoms with Gasteiger partial charge in [0.1, 0.15) is 5.75 Å². The smallest absolute Gasteiger partial charge is 0.255 e. The van der Waals surface area contributed by atoms with Crippen molar-refractivity contribution in [2.24, 2.45) is 5.73 Å². The van der Waals surface area contributed by atoms with E-state index in [1.54, 1.807) is 4.90 Å². The number of aromatic nitrogens is 1. The van der Waals surface area contributed by atoms with Crippen LogP contribution in [0, 0.1) is 0 Å². The summed E-state index contributed by atoms with van der Waals surface area (Å²) in [6, 6.07) is 1.75. The minimum Gasteiger partial charge on any atom is -0.506 e. The van der Waals surface area contributed by atoms with Gasteiger partial charge in [-0.1, -0.05) is 0 Å². The molecule has 5 nitrogen and oxygen atoms in total.